The van der Waals surface area contributed by atoms with Crippen molar-refractivity contribution in [2.75, 3.05) is 18.9 Å². The first-order valence-electron chi connectivity index (χ1n) is 7.13. The van der Waals surface area contributed by atoms with Gasteiger partial charge in [0.1, 0.15) is 0 Å². The molecule has 2 rings (SSSR count). The number of anilines is 1. The first-order valence-corrected chi connectivity index (χ1v) is 7.13. The SMILES string of the molecule is CNCCC(=O)Nc1ccc2c(ccn2CC(C)C)c1.Cl.Cl. The Morgan fingerprint density at radius 1 is 1.23 bits per heavy atom. The third-order valence-electron chi connectivity index (χ3n) is 3.22. The van der Waals surface area contributed by atoms with Gasteiger partial charge in [0, 0.05) is 42.3 Å². The average molecular weight is 346 g/mol. The number of hydrogen-bond acceptors (Lipinski definition) is 2. The number of hydrogen-bond donors (Lipinski definition) is 2. The van der Waals surface area contributed by atoms with Gasteiger partial charge in [-0.1, -0.05) is 13.8 Å². The minimum atomic E-state index is 0. The van der Waals surface area contributed by atoms with Gasteiger partial charge >= 0.3 is 0 Å². The number of nitrogens with one attached hydrogen (secondary N) is 2. The summed E-state index contributed by atoms with van der Waals surface area (Å²) in [5, 5.41) is 7.07. The van der Waals surface area contributed by atoms with Crippen LogP contribution < -0.4 is 10.6 Å². The lowest BCUT2D eigenvalue weighted by Gasteiger charge is -2.09. The lowest BCUT2D eigenvalue weighted by Crippen LogP contribution is -2.18. The molecular weight excluding hydrogens is 321 g/mol. The molecule has 1 aromatic carbocycles. The van der Waals surface area contributed by atoms with Crippen molar-refractivity contribution >= 4 is 47.3 Å². The zero-order valence-corrected chi connectivity index (χ0v) is 14.9. The van der Waals surface area contributed by atoms with Crippen molar-refractivity contribution < 1.29 is 4.79 Å². The Hall–Kier alpha value is -1.23. The van der Waals surface area contributed by atoms with Crippen LogP contribution in [0.5, 0.6) is 0 Å². The van der Waals surface area contributed by atoms with Gasteiger partial charge in [0.05, 0.1) is 0 Å². The number of fused-ring (bicyclic) bond motifs is 1. The molecule has 4 nitrogen and oxygen atoms in total. The van der Waals surface area contributed by atoms with Crippen LogP contribution >= 0.6 is 24.8 Å². The zero-order valence-electron chi connectivity index (χ0n) is 13.3. The van der Waals surface area contributed by atoms with Gasteiger partial charge < -0.3 is 15.2 Å². The van der Waals surface area contributed by atoms with Crippen molar-refractivity contribution in [2.24, 2.45) is 5.92 Å². The summed E-state index contributed by atoms with van der Waals surface area (Å²) in [7, 11) is 1.84. The highest BCUT2D eigenvalue weighted by Crippen LogP contribution is 2.21. The maximum atomic E-state index is 11.7. The summed E-state index contributed by atoms with van der Waals surface area (Å²) in [6, 6.07) is 8.17. The van der Waals surface area contributed by atoms with E-state index in [9.17, 15) is 4.79 Å². The summed E-state index contributed by atoms with van der Waals surface area (Å²) in [5.41, 5.74) is 2.08. The van der Waals surface area contributed by atoms with Crippen LogP contribution in [-0.4, -0.2) is 24.1 Å². The average Bonchev–Trinajstić information content (AvgIpc) is 2.78. The van der Waals surface area contributed by atoms with E-state index in [0.717, 1.165) is 17.6 Å². The molecule has 0 aliphatic heterocycles. The monoisotopic (exact) mass is 345 g/mol. The molecule has 2 aromatic rings. The molecule has 2 N–H and O–H groups in total. The maximum Gasteiger partial charge on any atom is 0.225 e. The van der Waals surface area contributed by atoms with Crippen LogP contribution in [0.4, 0.5) is 5.69 Å². The maximum absolute atomic E-state index is 11.7. The Kier molecular flexibility index (Phi) is 9.18. The predicted molar refractivity (Wildman–Crippen MR) is 98.4 cm³/mol. The molecule has 1 heterocycles. The van der Waals surface area contributed by atoms with Crippen LogP contribution in [0.25, 0.3) is 10.9 Å². The minimum Gasteiger partial charge on any atom is -0.347 e. The highest BCUT2D eigenvalue weighted by atomic mass is 35.5. The summed E-state index contributed by atoms with van der Waals surface area (Å²) in [4.78, 5) is 11.7. The summed E-state index contributed by atoms with van der Waals surface area (Å²) < 4.78 is 2.26. The summed E-state index contributed by atoms with van der Waals surface area (Å²) in [6.07, 6.45) is 2.60. The highest BCUT2D eigenvalue weighted by molar-refractivity contribution is 5.94. The van der Waals surface area contributed by atoms with Crippen LogP contribution in [0.1, 0.15) is 20.3 Å². The van der Waals surface area contributed by atoms with Crippen LogP contribution in [0.3, 0.4) is 0 Å². The fourth-order valence-corrected chi connectivity index (χ4v) is 2.29. The molecule has 1 amide bonds. The molecule has 0 aliphatic carbocycles. The Bertz CT molecular complexity index is 596. The molecule has 0 fully saturated rings. The van der Waals surface area contributed by atoms with E-state index >= 15 is 0 Å². The molecule has 1 aromatic heterocycles. The van der Waals surface area contributed by atoms with Gasteiger partial charge in [0.15, 0.2) is 0 Å². The molecule has 0 atom stereocenters. The summed E-state index contributed by atoms with van der Waals surface area (Å²) in [6.45, 7) is 6.13. The molecular formula is C16H25Cl2N3O. The summed E-state index contributed by atoms with van der Waals surface area (Å²) in [5.74, 6) is 0.659. The van der Waals surface area contributed by atoms with Crippen molar-refractivity contribution in [1.82, 2.24) is 9.88 Å². The van der Waals surface area contributed by atoms with Crippen molar-refractivity contribution in [3.05, 3.63) is 30.5 Å². The van der Waals surface area contributed by atoms with Crippen LogP contribution in [-0.2, 0) is 11.3 Å². The first-order chi connectivity index (χ1) is 9.60. The Balaban J connectivity index is 0.00000220. The van der Waals surface area contributed by atoms with Crippen molar-refractivity contribution in [3.63, 3.8) is 0 Å². The first kappa shape index (κ1) is 20.8. The third-order valence-corrected chi connectivity index (χ3v) is 3.22. The number of carbonyl (C=O) groups excluding carboxylic acids is 1. The number of carbonyl (C=O) groups is 1. The van der Waals surface area contributed by atoms with E-state index in [1.54, 1.807) is 0 Å². The van der Waals surface area contributed by atoms with Gasteiger partial charge in [0.2, 0.25) is 5.91 Å². The molecule has 0 unspecified atom stereocenters. The Labute approximate surface area is 144 Å². The molecule has 0 saturated heterocycles. The quantitative estimate of drug-likeness (QED) is 0.838. The molecule has 0 radical (unpaired) electrons. The van der Waals surface area contributed by atoms with E-state index in [-0.39, 0.29) is 30.7 Å². The van der Waals surface area contributed by atoms with Gasteiger partial charge in [-0.15, -0.1) is 24.8 Å². The van der Waals surface area contributed by atoms with E-state index in [4.69, 9.17) is 0 Å². The van der Waals surface area contributed by atoms with Gasteiger partial charge in [-0.3, -0.25) is 4.79 Å². The van der Waals surface area contributed by atoms with Gasteiger partial charge in [-0.2, -0.15) is 0 Å². The van der Waals surface area contributed by atoms with E-state index < -0.39 is 0 Å². The molecule has 22 heavy (non-hydrogen) atoms. The number of rotatable bonds is 6. The van der Waals surface area contributed by atoms with Crippen molar-refractivity contribution in [2.45, 2.75) is 26.8 Å². The number of nitrogens with zero attached hydrogens (tertiary/aromatic N) is 1. The smallest absolute Gasteiger partial charge is 0.225 e. The second kappa shape index (κ2) is 9.72. The zero-order chi connectivity index (χ0) is 14.5. The van der Waals surface area contributed by atoms with Gasteiger partial charge in [-0.05, 0) is 37.2 Å². The van der Waals surface area contributed by atoms with E-state index in [1.165, 1.54) is 5.52 Å². The predicted octanol–water partition coefficient (Wildman–Crippen LogP) is 3.69. The van der Waals surface area contributed by atoms with Crippen molar-refractivity contribution in [3.8, 4) is 0 Å². The van der Waals surface area contributed by atoms with Gasteiger partial charge in [-0.25, -0.2) is 0 Å². The third kappa shape index (κ3) is 5.52. The number of amides is 1. The molecule has 0 saturated carbocycles. The largest absolute Gasteiger partial charge is 0.347 e. The Morgan fingerprint density at radius 3 is 2.59 bits per heavy atom. The molecule has 0 bridgehead atoms. The minimum absolute atomic E-state index is 0. The number of aromatic nitrogens is 1. The normalized spacial score (nSPS) is 10.2. The fraction of sp³-hybridized carbons (Fsp3) is 0.438. The van der Waals surface area contributed by atoms with E-state index in [2.05, 4.69) is 47.4 Å². The standard InChI is InChI=1S/C16H23N3O.2ClH/c1-12(2)11-19-9-7-13-10-14(4-5-15(13)19)18-16(20)6-8-17-3;;/h4-5,7,9-10,12,17H,6,8,11H2,1-3H3,(H,18,20);2*1H. The topological polar surface area (TPSA) is 46.1 Å². The highest BCUT2D eigenvalue weighted by Gasteiger charge is 2.06. The lowest BCUT2D eigenvalue weighted by atomic mass is 10.2. The van der Waals surface area contributed by atoms with E-state index in [0.29, 0.717) is 18.9 Å². The van der Waals surface area contributed by atoms with Crippen molar-refractivity contribution in [1.29, 1.82) is 0 Å². The van der Waals surface area contributed by atoms with Crippen LogP contribution in [0.15, 0.2) is 30.5 Å². The number of halogens is 2. The molecule has 124 valence electrons. The fourth-order valence-electron chi connectivity index (χ4n) is 2.29. The lowest BCUT2D eigenvalue weighted by molar-refractivity contribution is -0.116. The second-order valence-corrected chi connectivity index (χ2v) is 5.54. The second-order valence-electron chi connectivity index (χ2n) is 5.54. The number of benzene rings is 1. The Morgan fingerprint density at radius 2 is 1.95 bits per heavy atom. The molecule has 6 heteroatoms. The van der Waals surface area contributed by atoms with Gasteiger partial charge in [0.25, 0.3) is 0 Å². The van der Waals surface area contributed by atoms with E-state index in [1.807, 2.05) is 19.2 Å². The molecule has 0 spiro atoms. The molecule has 0 aliphatic rings. The van der Waals surface area contributed by atoms with Crippen LogP contribution in [0, 0.1) is 5.92 Å². The summed E-state index contributed by atoms with van der Waals surface area (Å²) >= 11 is 0. The van der Waals surface area contributed by atoms with Crippen LogP contribution in [0.2, 0.25) is 0 Å².